The van der Waals surface area contributed by atoms with Crippen molar-refractivity contribution in [2.45, 2.75) is 39.2 Å². The normalized spacial score (nSPS) is 17.3. The summed E-state index contributed by atoms with van der Waals surface area (Å²) in [5, 5.41) is 3.63. The average Bonchev–Trinajstić information content (AvgIpc) is 2.97. The summed E-state index contributed by atoms with van der Waals surface area (Å²) in [4.78, 5) is 13.4. The summed E-state index contributed by atoms with van der Waals surface area (Å²) in [6, 6.07) is 1.34. The van der Waals surface area contributed by atoms with E-state index in [0.29, 0.717) is 4.68 Å². The van der Waals surface area contributed by atoms with Crippen LogP contribution < -0.4 is 4.90 Å². The van der Waals surface area contributed by atoms with Crippen LogP contribution >= 0.6 is 0 Å². The van der Waals surface area contributed by atoms with E-state index in [1.807, 2.05) is 13.8 Å². The summed E-state index contributed by atoms with van der Waals surface area (Å²) >= 11 is 0. The van der Waals surface area contributed by atoms with Gasteiger partial charge in [-0.3, -0.25) is 4.79 Å². The van der Waals surface area contributed by atoms with Crippen molar-refractivity contribution < 1.29 is 31.1 Å². The highest BCUT2D eigenvalue weighted by molar-refractivity contribution is 6.06. The van der Waals surface area contributed by atoms with Gasteiger partial charge < -0.3 is 4.90 Å². The molecule has 0 spiro atoms. The SMILES string of the molecule is CC.Cc1cnn2c1C(=O)N(c1ccc(C(F)(F)F)cc1)CC2C(F)(F)F. The van der Waals surface area contributed by atoms with Gasteiger partial charge in [-0.15, -0.1) is 0 Å². The minimum absolute atomic E-state index is 0.0425. The quantitative estimate of drug-likeness (QED) is 0.640. The number of carbonyl (C=O) groups excluding carboxylic acids is 1. The van der Waals surface area contributed by atoms with Gasteiger partial charge in [0.2, 0.25) is 0 Å². The van der Waals surface area contributed by atoms with Crippen LogP contribution in [0.4, 0.5) is 32.0 Å². The Morgan fingerprint density at radius 3 is 2.07 bits per heavy atom. The van der Waals surface area contributed by atoms with Crippen molar-refractivity contribution in [3.63, 3.8) is 0 Å². The first-order chi connectivity index (χ1) is 12.5. The van der Waals surface area contributed by atoms with E-state index in [1.165, 1.54) is 6.92 Å². The van der Waals surface area contributed by atoms with Crippen LogP contribution in [0, 0.1) is 6.92 Å². The molecule has 0 radical (unpaired) electrons. The number of alkyl halides is 6. The lowest BCUT2D eigenvalue weighted by molar-refractivity contribution is -0.168. The summed E-state index contributed by atoms with van der Waals surface area (Å²) in [5.41, 5.74) is -0.960. The molecule has 0 bridgehead atoms. The highest BCUT2D eigenvalue weighted by Gasteiger charge is 2.48. The van der Waals surface area contributed by atoms with Crippen LogP contribution in [-0.4, -0.2) is 28.4 Å². The summed E-state index contributed by atoms with van der Waals surface area (Å²) in [6.07, 6.45) is -8.09. The van der Waals surface area contributed by atoms with E-state index in [2.05, 4.69) is 5.10 Å². The molecule has 1 atom stereocenters. The molecule has 0 saturated carbocycles. The number of anilines is 1. The first kappa shape index (κ1) is 20.8. The Kier molecular flexibility index (Phi) is 5.58. The van der Waals surface area contributed by atoms with E-state index in [1.54, 1.807) is 0 Å². The van der Waals surface area contributed by atoms with Crippen molar-refractivity contribution in [1.29, 1.82) is 0 Å². The number of hydrogen-bond donors (Lipinski definition) is 0. The van der Waals surface area contributed by atoms with Crippen molar-refractivity contribution in [2.24, 2.45) is 0 Å². The van der Waals surface area contributed by atoms with Gasteiger partial charge in [0.15, 0.2) is 6.04 Å². The lowest BCUT2D eigenvalue weighted by Gasteiger charge is -2.34. The fraction of sp³-hybridized carbons (Fsp3) is 0.412. The Bertz CT molecular complexity index is 808. The number of carbonyl (C=O) groups is 1. The van der Waals surface area contributed by atoms with Crippen LogP contribution in [0.25, 0.3) is 0 Å². The summed E-state index contributed by atoms with van der Waals surface area (Å²) in [5.74, 6) is -0.741. The fourth-order valence-electron chi connectivity index (χ4n) is 2.71. The molecule has 0 N–H and O–H groups in total. The molecule has 1 aliphatic heterocycles. The zero-order chi connectivity index (χ0) is 20.6. The molecule has 4 nitrogen and oxygen atoms in total. The van der Waals surface area contributed by atoms with Crippen LogP contribution in [0.1, 0.15) is 41.5 Å². The zero-order valence-electron chi connectivity index (χ0n) is 14.7. The standard InChI is InChI=1S/C15H11F6N3O.C2H6/c1-8-6-22-24-11(15(19,20)21)7-23(13(25)12(8)24)10-4-2-9(3-5-10)14(16,17)18;1-2/h2-6,11H,7H2,1H3;1-2H3. The van der Waals surface area contributed by atoms with Gasteiger partial charge in [-0.25, -0.2) is 4.68 Å². The molecule has 1 amide bonds. The molecule has 1 unspecified atom stereocenters. The Labute approximate surface area is 151 Å². The molecule has 10 heteroatoms. The largest absolute Gasteiger partial charge is 0.416 e. The van der Waals surface area contributed by atoms with Crippen molar-refractivity contribution in [3.8, 4) is 0 Å². The first-order valence-electron chi connectivity index (χ1n) is 8.10. The molecule has 148 valence electrons. The Hall–Kier alpha value is -2.52. The Morgan fingerprint density at radius 1 is 1.04 bits per heavy atom. The summed E-state index contributed by atoms with van der Waals surface area (Å²) < 4.78 is 78.5. The highest BCUT2D eigenvalue weighted by atomic mass is 19.4. The minimum Gasteiger partial charge on any atom is -0.305 e. The molecule has 1 aliphatic rings. The third kappa shape index (κ3) is 3.93. The second-order valence-corrected chi connectivity index (χ2v) is 5.64. The zero-order valence-corrected chi connectivity index (χ0v) is 14.7. The van der Waals surface area contributed by atoms with E-state index in [-0.39, 0.29) is 16.9 Å². The minimum atomic E-state index is -4.67. The van der Waals surface area contributed by atoms with Gasteiger partial charge in [-0.05, 0) is 31.2 Å². The van der Waals surface area contributed by atoms with Crippen LogP contribution in [0.3, 0.4) is 0 Å². The number of halogens is 6. The molecule has 0 aliphatic carbocycles. The maximum atomic E-state index is 13.3. The summed E-state index contributed by atoms with van der Waals surface area (Å²) in [6.45, 7) is 4.68. The molecule has 1 aromatic carbocycles. The van der Waals surface area contributed by atoms with Crippen LogP contribution in [-0.2, 0) is 6.18 Å². The molecule has 0 fully saturated rings. The van der Waals surface area contributed by atoms with Crippen molar-refractivity contribution in [3.05, 3.63) is 47.3 Å². The molecule has 0 saturated heterocycles. The smallest absolute Gasteiger partial charge is 0.305 e. The van der Waals surface area contributed by atoms with Crippen LogP contribution in [0.2, 0.25) is 0 Å². The Balaban J connectivity index is 0.00000126. The molecule has 1 aromatic heterocycles. The molecular formula is C17H17F6N3O. The van der Waals surface area contributed by atoms with Crippen molar-refractivity contribution in [2.75, 3.05) is 11.4 Å². The predicted molar refractivity (Wildman–Crippen MR) is 86.5 cm³/mol. The Morgan fingerprint density at radius 2 is 1.59 bits per heavy atom. The van der Waals surface area contributed by atoms with Gasteiger partial charge in [-0.2, -0.15) is 31.4 Å². The topological polar surface area (TPSA) is 38.1 Å². The highest BCUT2D eigenvalue weighted by Crippen LogP contribution is 2.38. The number of fused-ring (bicyclic) bond motifs is 1. The monoisotopic (exact) mass is 393 g/mol. The second kappa shape index (κ2) is 7.24. The van der Waals surface area contributed by atoms with E-state index >= 15 is 0 Å². The van der Waals surface area contributed by atoms with E-state index in [9.17, 15) is 31.1 Å². The number of aryl methyl sites for hydroxylation is 1. The number of amides is 1. The molecule has 27 heavy (non-hydrogen) atoms. The fourth-order valence-corrected chi connectivity index (χ4v) is 2.71. The average molecular weight is 393 g/mol. The third-order valence-corrected chi connectivity index (χ3v) is 3.96. The number of benzene rings is 1. The van der Waals surface area contributed by atoms with E-state index in [4.69, 9.17) is 0 Å². The first-order valence-corrected chi connectivity index (χ1v) is 8.10. The van der Waals surface area contributed by atoms with E-state index in [0.717, 1.165) is 35.4 Å². The molecule has 2 aromatic rings. The number of hydrogen-bond acceptors (Lipinski definition) is 2. The number of rotatable bonds is 1. The van der Waals surface area contributed by atoms with Gasteiger partial charge >= 0.3 is 12.4 Å². The van der Waals surface area contributed by atoms with Crippen LogP contribution in [0.5, 0.6) is 0 Å². The lowest BCUT2D eigenvalue weighted by Crippen LogP contribution is -2.48. The van der Waals surface area contributed by atoms with Gasteiger partial charge in [0, 0.05) is 11.3 Å². The number of nitrogens with zero attached hydrogens (tertiary/aromatic N) is 3. The van der Waals surface area contributed by atoms with Crippen molar-refractivity contribution >= 4 is 11.6 Å². The van der Waals surface area contributed by atoms with Crippen molar-refractivity contribution in [1.82, 2.24) is 9.78 Å². The molecule has 2 heterocycles. The molecule has 3 rings (SSSR count). The summed E-state index contributed by atoms with van der Waals surface area (Å²) in [7, 11) is 0. The second-order valence-electron chi connectivity index (χ2n) is 5.64. The van der Waals surface area contributed by atoms with Gasteiger partial charge in [0.05, 0.1) is 18.3 Å². The van der Waals surface area contributed by atoms with Gasteiger partial charge in [0.25, 0.3) is 5.91 Å². The van der Waals surface area contributed by atoms with Gasteiger partial charge in [-0.1, -0.05) is 13.8 Å². The maximum Gasteiger partial charge on any atom is 0.416 e. The third-order valence-electron chi connectivity index (χ3n) is 3.96. The maximum absolute atomic E-state index is 13.3. The van der Waals surface area contributed by atoms with Crippen LogP contribution in [0.15, 0.2) is 30.5 Å². The number of aromatic nitrogens is 2. The van der Waals surface area contributed by atoms with E-state index < -0.39 is 36.4 Å². The lowest BCUT2D eigenvalue weighted by atomic mass is 10.1. The predicted octanol–water partition coefficient (Wildman–Crippen LogP) is 5.00. The molecular weight excluding hydrogens is 376 g/mol. The van der Waals surface area contributed by atoms with Gasteiger partial charge in [0.1, 0.15) is 5.69 Å².